The molecule has 1 unspecified atom stereocenters. The molecule has 3 fully saturated rings. The third kappa shape index (κ3) is 5.26. The van der Waals surface area contributed by atoms with Gasteiger partial charge in [-0.05, 0) is 74.0 Å². The summed E-state index contributed by atoms with van der Waals surface area (Å²) in [5.41, 5.74) is 2.44. The topological polar surface area (TPSA) is 125 Å². The fourth-order valence-electron chi connectivity index (χ4n) is 7.21. The molecule has 0 radical (unpaired) electrons. The van der Waals surface area contributed by atoms with Gasteiger partial charge in [0.2, 0.25) is 11.8 Å². The third-order valence-corrected chi connectivity index (χ3v) is 9.55. The Hall–Kier alpha value is -4.21. The van der Waals surface area contributed by atoms with Crippen molar-refractivity contribution in [1.29, 1.82) is 0 Å². The summed E-state index contributed by atoms with van der Waals surface area (Å²) >= 11 is 0. The molecule has 0 bridgehead atoms. The van der Waals surface area contributed by atoms with E-state index in [0.717, 1.165) is 49.0 Å². The van der Waals surface area contributed by atoms with Crippen LogP contribution in [0.5, 0.6) is 0 Å². The Labute approximate surface area is 244 Å². The van der Waals surface area contributed by atoms with Gasteiger partial charge in [0.25, 0.3) is 11.8 Å². The molecular weight excluding hydrogens is 536 g/mol. The molecule has 6 rings (SSSR count). The fourth-order valence-corrected chi connectivity index (χ4v) is 7.21. The predicted octanol–water partition coefficient (Wildman–Crippen LogP) is 4.11. The first-order valence-electron chi connectivity index (χ1n) is 14.8. The lowest BCUT2D eigenvalue weighted by atomic mass is 9.55. The summed E-state index contributed by atoms with van der Waals surface area (Å²) in [5, 5.41) is 5.64. The highest BCUT2D eigenvalue weighted by Crippen LogP contribution is 2.55. The normalized spacial score (nSPS) is 26.9. The summed E-state index contributed by atoms with van der Waals surface area (Å²) in [4.78, 5) is 65.7. The first kappa shape index (κ1) is 27.9. The van der Waals surface area contributed by atoms with Crippen LogP contribution in [0.1, 0.15) is 77.6 Å². The number of hydrogen-bond donors (Lipinski definition) is 2. The SMILES string of the molecule is CN(C(=O)OCc1ccccc1)C1CCC2(CC1)CC(CNc1cccc3c1C(=O)N(C1CCC(=O)NC1=O)C3=O)C2. The number of amides is 5. The van der Waals surface area contributed by atoms with Crippen LogP contribution in [0.3, 0.4) is 0 Å². The van der Waals surface area contributed by atoms with Gasteiger partial charge in [-0.3, -0.25) is 29.4 Å². The van der Waals surface area contributed by atoms with Crippen molar-refractivity contribution in [1.82, 2.24) is 15.1 Å². The largest absolute Gasteiger partial charge is 0.445 e. The first-order chi connectivity index (χ1) is 20.2. The molecule has 2 heterocycles. The van der Waals surface area contributed by atoms with Gasteiger partial charge < -0.3 is 15.0 Å². The van der Waals surface area contributed by atoms with Gasteiger partial charge in [0.15, 0.2) is 0 Å². The smallest absolute Gasteiger partial charge is 0.410 e. The standard InChI is InChI=1S/C32H36N4O6/c1-35(31(41)42-19-20-6-3-2-4-7-20)22-12-14-32(15-13-22)16-21(17-32)18-33-24-9-5-8-23-27(24)30(40)36(29(23)39)25-10-11-26(37)34-28(25)38/h2-9,21-22,25,33H,10-19H2,1H3,(H,34,37,38). The van der Waals surface area contributed by atoms with Crippen LogP contribution in [0.4, 0.5) is 10.5 Å². The molecular formula is C32H36N4O6. The van der Waals surface area contributed by atoms with E-state index < -0.39 is 29.7 Å². The zero-order valence-corrected chi connectivity index (χ0v) is 23.8. The molecule has 5 amide bonds. The van der Waals surface area contributed by atoms with E-state index in [2.05, 4.69) is 10.6 Å². The van der Waals surface area contributed by atoms with Gasteiger partial charge in [-0.1, -0.05) is 36.4 Å². The molecule has 0 aromatic heterocycles. The molecule has 2 aliphatic heterocycles. The van der Waals surface area contributed by atoms with Crippen LogP contribution in [-0.2, 0) is 20.9 Å². The highest BCUT2D eigenvalue weighted by atomic mass is 16.6. The number of nitrogens with zero attached hydrogens (tertiary/aromatic N) is 2. The van der Waals surface area contributed by atoms with Crippen molar-refractivity contribution in [3.05, 3.63) is 65.2 Å². The molecule has 42 heavy (non-hydrogen) atoms. The maximum Gasteiger partial charge on any atom is 0.410 e. The Bertz CT molecular complexity index is 1410. The number of carbonyl (C=O) groups excluding carboxylic acids is 5. The number of hydrogen-bond acceptors (Lipinski definition) is 7. The molecule has 220 valence electrons. The second-order valence-corrected chi connectivity index (χ2v) is 12.2. The average molecular weight is 573 g/mol. The summed E-state index contributed by atoms with van der Waals surface area (Å²) in [6, 6.07) is 14.0. The number of fused-ring (bicyclic) bond motifs is 1. The molecule has 2 saturated carbocycles. The number of anilines is 1. The molecule has 2 aromatic rings. The Kier molecular flexibility index (Phi) is 7.47. The van der Waals surface area contributed by atoms with E-state index in [1.165, 1.54) is 0 Å². The van der Waals surface area contributed by atoms with Crippen molar-refractivity contribution in [3.63, 3.8) is 0 Å². The Morgan fingerprint density at radius 3 is 2.45 bits per heavy atom. The van der Waals surface area contributed by atoms with Crippen molar-refractivity contribution in [2.75, 3.05) is 18.9 Å². The molecule has 10 heteroatoms. The minimum atomic E-state index is -0.977. The van der Waals surface area contributed by atoms with Crippen molar-refractivity contribution >= 4 is 35.4 Å². The van der Waals surface area contributed by atoms with Crippen LogP contribution in [0.25, 0.3) is 0 Å². The van der Waals surface area contributed by atoms with E-state index in [4.69, 9.17) is 4.74 Å². The van der Waals surface area contributed by atoms with Gasteiger partial charge in [-0.15, -0.1) is 0 Å². The molecule has 2 aromatic carbocycles. The number of nitrogens with one attached hydrogen (secondary N) is 2. The van der Waals surface area contributed by atoms with Gasteiger partial charge in [-0.2, -0.15) is 0 Å². The van der Waals surface area contributed by atoms with E-state index in [1.54, 1.807) is 23.1 Å². The highest BCUT2D eigenvalue weighted by Gasteiger charge is 2.48. The van der Waals surface area contributed by atoms with E-state index >= 15 is 0 Å². The lowest BCUT2D eigenvalue weighted by Gasteiger charge is -2.52. The van der Waals surface area contributed by atoms with Gasteiger partial charge in [-0.25, -0.2) is 4.79 Å². The first-order valence-corrected chi connectivity index (χ1v) is 14.8. The number of benzene rings is 2. The van der Waals surface area contributed by atoms with E-state index in [-0.39, 0.29) is 37.1 Å². The number of rotatable bonds is 7. The molecule has 1 spiro atoms. The molecule has 10 nitrogen and oxygen atoms in total. The van der Waals surface area contributed by atoms with Gasteiger partial charge >= 0.3 is 6.09 Å². The molecule has 1 atom stereocenters. The van der Waals surface area contributed by atoms with Crippen molar-refractivity contribution in [2.24, 2.45) is 11.3 Å². The number of imide groups is 2. The monoisotopic (exact) mass is 572 g/mol. The van der Waals surface area contributed by atoms with E-state index in [9.17, 15) is 24.0 Å². The van der Waals surface area contributed by atoms with Crippen LogP contribution in [0.15, 0.2) is 48.5 Å². The van der Waals surface area contributed by atoms with Gasteiger partial charge in [0, 0.05) is 31.7 Å². The Balaban J connectivity index is 0.990. The lowest BCUT2D eigenvalue weighted by Crippen LogP contribution is -2.54. The van der Waals surface area contributed by atoms with Crippen LogP contribution in [-0.4, -0.2) is 65.2 Å². The zero-order valence-electron chi connectivity index (χ0n) is 23.8. The van der Waals surface area contributed by atoms with Crippen LogP contribution in [0, 0.1) is 11.3 Å². The summed E-state index contributed by atoms with van der Waals surface area (Å²) in [5.74, 6) is -1.55. The van der Waals surface area contributed by atoms with Crippen LogP contribution in [0.2, 0.25) is 0 Å². The van der Waals surface area contributed by atoms with Gasteiger partial charge in [0.1, 0.15) is 12.6 Å². The second-order valence-electron chi connectivity index (χ2n) is 12.2. The van der Waals surface area contributed by atoms with E-state index in [1.807, 2.05) is 37.4 Å². The molecule has 2 aliphatic carbocycles. The summed E-state index contributed by atoms with van der Waals surface area (Å²) in [6.45, 7) is 0.960. The minimum absolute atomic E-state index is 0.0910. The average Bonchev–Trinajstić information content (AvgIpc) is 3.24. The summed E-state index contributed by atoms with van der Waals surface area (Å²) < 4.78 is 5.52. The maximum absolute atomic E-state index is 13.3. The second kappa shape index (κ2) is 11.2. The molecule has 4 aliphatic rings. The van der Waals surface area contributed by atoms with Gasteiger partial charge in [0.05, 0.1) is 11.1 Å². The molecule has 1 saturated heterocycles. The Morgan fingerprint density at radius 1 is 1.00 bits per heavy atom. The quantitative estimate of drug-likeness (QED) is 0.479. The van der Waals surface area contributed by atoms with Crippen molar-refractivity contribution in [2.45, 2.75) is 70.1 Å². The third-order valence-electron chi connectivity index (χ3n) is 9.55. The maximum atomic E-state index is 13.3. The predicted molar refractivity (Wildman–Crippen MR) is 153 cm³/mol. The van der Waals surface area contributed by atoms with Crippen molar-refractivity contribution < 1.29 is 28.7 Å². The zero-order chi connectivity index (χ0) is 29.4. The Morgan fingerprint density at radius 2 is 1.74 bits per heavy atom. The van der Waals surface area contributed by atoms with Crippen LogP contribution >= 0.6 is 0 Å². The summed E-state index contributed by atoms with van der Waals surface area (Å²) in [7, 11) is 1.83. The number of piperidine rings is 1. The number of carbonyl (C=O) groups is 5. The summed E-state index contributed by atoms with van der Waals surface area (Å²) in [6.07, 6.45) is 6.15. The molecule has 2 N–H and O–H groups in total. The number of ether oxygens (including phenoxy) is 1. The van der Waals surface area contributed by atoms with Crippen molar-refractivity contribution in [3.8, 4) is 0 Å². The fraction of sp³-hybridized carbons (Fsp3) is 0.469. The highest BCUT2D eigenvalue weighted by molar-refractivity contribution is 6.25. The van der Waals surface area contributed by atoms with E-state index in [0.29, 0.717) is 29.1 Å². The van der Waals surface area contributed by atoms with Crippen LogP contribution < -0.4 is 10.6 Å². The lowest BCUT2D eigenvalue weighted by molar-refractivity contribution is -0.136. The minimum Gasteiger partial charge on any atom is -0.445 e.